The van der Waals surface area contributed by atoms with Crippen LogP contribution >= 0.6 is 0 Å². The molecule has 2 aliphatic rings. The number of nitrogens with one attached hydrogen (secondary N) is 1. The first-order valence-electron chi connectivity index (χ1n) is 8.04. The van der Waals surface area contributed by atoms with Crippen molar-refractivity contribution in [3.8, 4) is 0 Å². The molecule has 0 aliphatic carbocycles. The Bertz CT molecular complexity index is 293. The Morgan fingerprint density at radius 2 is 2.00 bits per heavy atom. The number of hydrogen-bond acceptors (Lipinski definition) is 4. The summed E-state index contributed by atoms with van der Waals surface area (Å²) in [6, 6.07) is 0.0175. The molecule has 1 atom stereocenters. The van der Waals surface area contributed by atoms with E-state index < -0.39 is 0 Å². The first-order valence-corrected chi connectivity index (χ1v) is 8.04. The van der Waals surface area contributed by atoms with Gasteiger partial charge in [0, 0.05) is 6.54 Å². The van der Waals surface area contributed by atoms with Crippen molar-refractivity contribution in [2.45, 2.75) is 57.1 Å². The molecule has 0 aromatic rings. The molecule has 2 aliphatic heterocycles. The molecule has 1 unspecified atom stereocenters. The Balaban J connectivity index is 1.71. The highest BCUT2D eigenvalue weighted by Crippen LogP contribution is 2.17. The number of ether oxygens (including phenoxy) is 1. The van der Waals surface area contributed by atoms with Crippen LogP contribution in [0.1, 0.15) is 44.9 Å². The Kier molecular flexibility index (Phi) is 6.76. The molecule has 2 heterocycles. The van der Waals surface area contributed by atoms with E-state index in [1.165, 1.54) is 0 Å². The number of carbonyl (C=O) groups is 1. The van der Waals surface area contributed by atoms with Crippen molar-refractivity contribution in [3.05, 3.63) is 0 Å². The standard InChI is InChI=1S/C15H28N2O3/c18-12-13-4-2-1-3-10-17(13)15(19)7-11-20-14-5-8-16-9-6-14/h13-14,16,18H,1-12H2. The van der Waals surface area contributed by atoms with Gasteiger partial charge in [-0.25, -0.2) is 0 Å². The second kappa shape index (κ2) is 8.60. The highest BCUT2D eigenvalue weighted by Gasteiger charge is 2.24. The van der Waals surface area contributed by atoms with Crippen LogP contribution in [0.4, 0.5) is 0 Å². The lowest BCUT2D eigenvalue weighted by Gasteiger charge is -2.29. The third-order valence-corrected chi connectivity index (χ3v) is 4.36. The predicted octanol–water partition coefficient (Wildman–Crippen LogP) is 0.909. The number of aliphatic hydroxyl groups is 1. The van der Waals surface area contributed by atoms with E-state index in [0.29, 0.717) is 19.1 Å². The zero-order chi connectivity index (χ0) is 14.2. The van der Waals surface area contributed by atoms with Crippen LogP contribution in [0, 0.1) is 0 Å². The van der Waals surface area contributed by atoms with Crippen LogP contribution < -0.4 is 5.32 Å². The first kappa shape index (κ1) is 15.7. The average molecular weight is 284 g/mol. The molecule has 5 heteroatoms. The maximum absolute atomic E-state index is 12.3. The number of likely N-dealkylation sites (tertiary alicyclic amines) is 1. The fraction of sp³-hybridized carbons (Fsp3) is 0.933. The largest absolute Gasteiger partial charge is 0.394 e. The lowest BCUT2D eigenvalue weighted by Crippen LogP contribution is -2.42. The molecule has 2 N–H and O–H groups in total. The lowest BCUT2D eigenvalue weighted by atomic mass is 10.1. The molecule has 0 radical (unpaired) electrons. The monoisotopic (exact) mass is 284 g/mol. The van der Waals surface area contributed by atoms with Crippen molar-refractivity contribution in [3.63, 3.8) is 0 Å². The third-order valence-electron chi connectivity index (χ3n) is 4.36. The SMILES string of the molecule is O=C(CCOC1CCNCC1)N1CCCCCC1CO. The topological polar surface area (TPSA) is 61.8 Å². The van der Waals surface area contributed by atoms with E-state index in [4.69, 9.17) is 4.74 Å². The van der Waals surface area contributed by atoms with Crippen LogP contribution in [0.25, 0.3) is 0 Å². The van der Waals surface area contributed by atoms with Crippen LogP contribution in [0.3, 0.4) is 0 Å². The molecule has 0 saturated carbocycles. The van der Waals surface area contributed by atoms with Gasteiger partial charge in [0.05, 0.1) is 31.8 Å². The summed E-state index contributed by atoms with van der Waals surface area (Å²) in [4.78, 5) is 14.2. The van der Waals surface area contributed by atoms with E-state index in [2.05, 4.69) is 5.32 Å². The summed E-state index contributed by atoms with van der Waals surface area (Å²) in [5.41, 5.74) is 0. The van der Waals surface area contributed by atoms with E-state index in [-0.39, 0.29) is 18.6 Å². The van der Waals surface area contributed by atoms with Gasteiger partial charge in [0.1, 0.15) is 0 Å². The molecule has 116 valence electrons. The molecule has 2 saturated heterocycles. The highest BCUT2D eigenvalue weighted by atomic mass is 16.5. The van der Waals surface area contributed by atoms with Gasteiger partial charge < -0.3 is 20.1 Å². The molecule has 0 bridgehead atoms. The van der Waals surface area contributed by atoms with Crippen molar-refractivity contribution < 1.29 is 14.6 Å². The Hall–Kier alpha value is -0.650. The molecular formula is C15H28N2O3. The summed E-state index contributed by atoms with van der Waals surface area (Å²) in [6.45, 7) is 3.41. The maximum Gasteiger partial charge on any atom is 0.225 e. The summed E-state index contributed by atoms with van der Waals surface area (Å²) in [6.07, 6.45) is 7.08. The van der Waals surface area contributed by atoms with Crippen LogP contribution in [0.5, 0.6) is 0 Å². The van der Waals surface area contributed by atoms with E-state index in [9.17, 15) is 9.90 Å². The van der Waals surface area contributed by atoms with Crippen LogP contribution in [-0.4, -0.2) is 60.9 Å². The number of amides is 1. The molecule has 0 aromatic carbocycles. The number of aliphatic hydroxyl groups excluding tert-OH is 1. The van der Waals surface area contributed by atoms with Gasteiger partial charge in [0.15, 0.2) is 0 Å². The van der Waals surface area contributed by atoms with Crippen molar-refractivity contribution in [2.24, 2.45) is 0 Å². The van der Waals surface area contributed by atoms with Crippen molar-refractivity contribution in [1.29, 1.82) is 0 Å². The predicted molar refractivity (Wildman–Crippen MR) is 77.5 cm³/mol. The third kappa shape index (κ3) is 4.72. The minimum Gasteiger partial charge on any atom is -0.394 e. The number of rotatable bonds is 5. The zero-order valence-electron chi connectivity index (χ0n) is 12.4. The number of carbonyl (C=O) groups excluding carboxylic acids is 1. The van der Waals surface area contributed by atoms with Crippen molar-refractivity contribution in [2.75, 3.05) is 32.8 Å². The number of hydrogen-bond donors (Lipinski definition) is 2. The Labute approximate surface area is 121 Å². The van der Waals surface area contributed by atoms with E-state index in [1.54, 1.807) is 0 Å². The second-order valence-corrected chi connectivity index (χ2v) is 5.84. The fourth-order valence-electron chi connectivity index (χ4n) is 3.11. The van der Waals surface area contributed by atoms with Gasteiger partial charge >= 0.3 is 0 Å². The van der Waals surface area contributed by atoms with Crippen LogP contribution in [0.2, 0.25) is 0 Å². The lowest BCUT2D eigenvalue weighted by molar-refractivity contribution is -0.136. The Morgan fingerprint density at radius 3 is 2.75 bits per heavy atom. The normalized spacial score (nSPS) is 25.4. The van der Waals surface area contributed by atoms with Gasteiger partial charge in [-0.15, -0.1) is 0 Å². The van der Waals surface area contributed by atoms with Crippen LogP contribution in [-0.2, 0) is 9.53 Å². The first-order chi connectivity index (χ1) is 9.81. The van der Waals surface area contributed by atoms with Gasteiger partial charge in [0.25, 0.3) is 0 Å². The summed E-state index contributed by atoms with van der Waals surface area (Å²) in [5.74, 6) is 0.139. The van der Waals surface area contributed by atoms with Crippen molar-refractivity contribution in [1.82, 2.24) is 10.2 Å². The zero-order valence-corrected chi connectivity index (χ0v) is 12.4. The fourth-order valence-corrected chi connectivity index (χ4v) is 3.11. The number of nitrogens with zero attached hydrogens (tertiary/aromatic N) is 1. The van der Waals surface area contributed by atoms with E-state index >= 15 is 0 Å². The van der Waals surface area contributed by atoms with Gasteiger partial charge in [0.2, 0.25) is 5.91 Å². The summed E-state index contributed by atoms with van der Waals surface area (Å²) < 4.78 is 5.79. The molecule has 2 rings (SSSR count). The molecule has 1 amide bonds. The smallest absolute Gasteiger partial charge is 0.225 e. The molecule has 20 heavy (non-hydrogen) atoms. The van der Waals surface area contributed by atoms with Crippen LogP contribution in [0.15, 0.2) is 0 Å². The van der Waals surface area contributed by atoms with Gasteiger partial charge in [-0.05, 0) is 38.8 Å². The Morgan fingerprint density at radius 1 is 1.20 bits per heavy atom. The average Bonchev–Trinajstić information content (AvgIpc) is 2.73. The van der Waals surface area contributed by atoms with Gasteiger partial charge in [-0.1, -0.05) is 12.8 Å². The number of piperidine rings is 1. The molecule has 0 spiro atoms. The quantitative estimate of drug-likeness (QED) is 0.788. The summed E-state index contributed by atoms with van der Waals surface area (Å²) in [5, 5.41) is 12.7. The molecular weight excluding hydrogens is 256 g/mol. The molecule has 5 nitrogen and oxygen atoms in total. The van der Waals surface area contributed by atoms with E-state index in [0.717, 1.165) is 58.2 Å². The summed E-state index contributed by atoms with van der Waals surface area (Å²) >= 11 is 0. The van der Waals surface area contributed by atoms with E-state index in [1.807, 2.05) is 4.90 Å². The molecule has 0 aromatic heterocycles. The summed E-state index contributed by atoms with van der Waals surface area (Å²) in [7, 11) is 0. The second-order valence-electron chi connectivity index (χ2n) is 5.84. The minimum atomic E-state index is 0.0175. The van der Waals surface area contributed by atoms with Gasteiger partial charge in [-0.3, -0.25) is 4.79 Å². The minimum absolute atomic E-state index is 0.0175. The highest BCUT2D eigenvalue weighted by molar-refractivity contribution is 5.76. The van der Waals surface area contributed by atoms with Gasteiger partial charge in [-0.2, -0.15) is 0 Å². The molecule has 2 fully saturated rings. The maximum atomic E-state index is 12.3. The van der Waals surface area contributed by atoms with Crippen molar-refractivity contribution >= 4 is 5.91 Å².